The van der Waals surface area contributed by atoms with Crippen molar-refractivity contribution in [1.29, 1.82) is 0 Å². The molecule has 0 bridgehead atoms. The quantitative estimate of drug-likeness (QED) is 0.394. The number of aliphatic carboxylic acids is 1. The van der Waals surface area contributed by atoms with Crippen molar-refractivity contribution in [3.63, 3.8) is 0 Å². The number of carbonyl (C=O) groups is 1. The normalized spacial score (nSPS) is 49.1. The van der Waals surface area contributed by atoms with Crippen LogP contribution in [0.25, 0.3) is 0 Å². The third-order valence-corrected chi connectivity index (χ3v) is 13.5. The molecule has 3 heteroatoms. The third-order valence-electron chi connectivity index (χ3n) is 13.5. The summed E-state index contributed by atoms with van der Waals surface area (Å²) in [6.07, 6.45) is 15.0. The Morgan fingerprint density at radius 3 is 2.31 bits per heavy atom. The van der Waals surface area contributed by atoms with Gasteiger partial charge in [0.25, 0.3) is 0 Å². The van der Waals surface area contributed by atoms with E-state index in [4.69, 9.17) is 4.74 Å². The number of fused-ring (bicyclic) bond motifs is 7. The van der Waals surface area contributed by atoms with Crippen molar-refractivity contribution in [1.82, 2.24) is 0 Å². The average Bonchev–Trinajstić information content (AvgIpc) is 2.78. The number of hydrogen-bond donors (Lipinski definition) is 1. The summed E-state index contributed by atoms with van der Waals surface area (Å²) in [7, 11) is 0. The van der Waals surface area contributed by atoms with Gasteiger partial charge >= 0.3 is 5.97 Å². The molecule has 5 aliphatic carbocycles. The van der Waals surface area contributed by atoms with E-state index in [0.717, 1.165) is 51.6 Å². The maximum atomic E-state index is 12.8. The summed E-state index contributed by atoms with van der Waals surface area (Å²) >= 11 is 0. The molecular weight excluding hydrogens is 444 g/mol. The van der Waals surface area contributed by atoms with E-state index in [1.807, 2.05) is 0 Å². The second-order valence-electron chi connectivity index (χ2n) is 15.9. The van der Waals surface area contributed by atoms with Crippen LogP contribution in [0.2, 0.25) is 0 Å². The molecule has 4 saturated carbocycles. The molecule has 0 aromatic heterocycles. The molecular formula is C33H54O3. The number of ether oxygens (including phenoxy) is 1. The van der Waals surface area contributed by atoms with Crippen LogP contribution in [0, 0.1) is 50.2 Å². The highest BCUT2D eigenvalue weighted by Gasteiger charge is 2.69. The molecule has 3 nitrogen and oxygen atoms in total. The van der Waals surface area contributed by atoms with Crippen molar-refractivity contribution < 1.29 is 14.6 Å². The Kier molecular flexibility index (Phi) is 6.19. The fourth-order valence-electron chi connectivity index (χ4n) is 11.2. The summed E-state index contributed by atoms with van der Waals surface area (Å²) in [5.41, 5.74) is 2.10. The van der Waals surface area contributed by atoms with Crippen LogP contribution in [-0.4, -0.2) is 23.8 Å². The Morgan fingerprint density at radius 2 is 1.64 bits per heavy atom. The monoisotopic (exact) mass is 498 g/mol. The Bertz CT molecular complexity index is 931. The minimum atomic E-state index is -0.540. The number of rotatable bonds is 4. The van der Waals surface area contributed by atoms with Crippen molar-refractivity contribution >= 4 is 5.97 Å². The van der Waals surface area contributed by atoms with Gasteiger partial charge in [0.05, 0.1) is 11.5 Å². The average molecular weight is 499 g/mol. The van der Waals surface area contributed by atoms with Gasteiger partial charge in [0.15, 0.2) is 0 Å². The highest BCUT2D eigenvalue weighted by Crippen LogP contribution is 2.75. The first-order valence-electron chi connectivity index (χ1n) is 15.2. The summed E-state index contributed by atoms with van der Waals surface area (Å²) in [5, 5.41) is 10.6. The topological polar surface area (TPSA) is 46.5 Å². The van der Waals surface area contributed by atoms with Crippen molar-refractivity contribution in [2.24, 2.45) is 50.2 Å². The SMILES string of the molecule is CCCO[C@H]1CC[C@]2(C)[C@H]3CC=C4[C@@H]5CC(C)(C)CC[C@]5(C(=O)O)CC[C@@]4(C)[C@]3(C)CC[C@H]2C1(C)C. The van der Waals surface area contributed by atoms with Crippen LogP contribution in [0.4, 0.5) is 0 Å². The lowest BCUT2D eigenvalue weighted by Gasteiger charge is -2.71. The molecule has 0 heterocycles. The number of carboxylic acids is 1. The van der Waals surface area contributed by atoms with Crippen molar-refractivity contribution in [2.45, 2.75) is 132 Å². The molecule has 0 radical (unpaired) electrons. The van der Waals surface area contributed by atoms with Gasteiger partial charge in [0.2, 0.25) is 0 Å². The molecule has 5 rings (SSSR count). The van der Waals surface area contributed by atoms with E-state index in [0.29, 0.717) is 23.4 Å². The molecule has 4 fully saturated rings. The zero-order chi connectivity index (χ0) is 26.4. The Morgan fingerprint density at radius 1 is 0.944 bits per heavy atom. The van der Waals surface area contributed by atoms with E-state index in [1.165, 1.54) is 25.7 Å². The molecule has 8 atom stereocenters. The molecule has 0 saturated heterocycles. The van der Waals surface area contributed by atoms with Gasteiger partial charge in [-0.1, -0.05) is 67.0 Å². The van der Waals surface area contributed by atoms with Crippen LogP contribution >= 0.6 is 0 Å². The Labute approximate surface area is 221 Å². The summed E-state index contributed by atoms with van der Waals surface area (Å²) in [4.78, 5) is 12.8. The lowest BCUT2D eigenvalue weighted by molar-refractivity contribution is -0.212. The molecule has 0 aromatic carbocycles. The zero-order valence-corrected chi connectivity index (χ0v) is 24.6. The van der Waals surface area contributed by atoms with Crippen LogP contribution in [0.15, 0.2) is 11.6 Å². The summed E-state index contributed by atoms with van der Waals surface area (Å²) in [5.74, 6) is 1.03. The number of allylic oxidation sites excluding steroid dienone is 2. The van der Waals surface area contributed by atoms with Gasteiger partial charge in [-0.2, -0.15) is 0 Å². The Hall–Kier alpha value is -0.830. The Balaban J connectivity index is 1.54. The molecule has 1 N–H and O–H groups in total. The van der Waals surface area contributed by atoms with E-state index in [1.54, 1.807) is 5.57 Å². The van der Waals surface area contributed by atoms with Gasteiger partial charge in [-0.25, -0.2) is 0 Å². The fraction of sp³-hybridized carbons (Fsp3) is 0.909. The molecule has 0 aromatic rings. The predicted molar refractivity (Wildman–Crippen MR) is 147 cm³/mol. The second kappa shape index (κ2) is 8.33. The van der Waals surface area contributed by atoms with Gasteiger partial charge in [-0.05, 0) is 115 Å². The standard InChI is InChI=1S/C33H54O3/c1-9-20-36-26-13-14-30(6)24(29(26,4)5)12-15-32(8)25(30)11-10-22-23-21-28(2,3)16-18-33(23,27(34)35)19-17-31(22,32)7/h10,23-26H,9,11-21H2,1-8H3,(H,34,35)/t23-,24-,25+,26-,30-,31+,32+,33-/m0/s1. The first-order valence-corrected chi connectivity index (χ1v) is 15.2. The largest absolute Gasteiger partial charge is 0.481 e. The van der Waals surface area contributed by atoms with Gasteiger partial charge in [-0.15, -0.1) is 0 Å². The minimum Gasteiger partial charge on any atom is -0.481 e. The molecule has 0 amide bonds. The van der Waals surface area contributed by atoms with E-state index in [2.05, 4.69) is 61.5 Å². The second-order valence-corrected chi connectivity index (χ2v) is 15.9. The van der Waals surface area contributed by atoms with Crippen LogP contribution < -0.4 is 0 Å². The van der Waals surface area contributed by atoms with Crippen molar-refractivity contribution in [3.05, 3.63) is 11.6 Å². The molecule has 0 spiro atoms. The van der Waals surface area contributed by atoms with E-state index >= 15 is 0 Å². The maximum absolute atomic E-state index is 12.8. The summed E-state index contributed by atoms with van der Waals surface area (Å²) in [6.45, 7) is 20.6. The zero-order valence-electron chi connectivity index (χ0n) is 24.6. The third kappa shape index (κ3) is 3.42. The van der Waals surface area contributed by atoms with Crippen molar-refractivity contribution in [2.75, 3.05) is 6.61 Å². The van der Waals surface area contributed by atoms with Gasteiger partial charge in [0.1, 0.15) is 0 Å². The maximum Gasteiger partial charge on any atom is 0.310 e. The molecule has 0 unspecified atom stereocenters. The first-order chi connectivity index (χ1) is 16.7. The fourth-order valence-corrected chi connectivity index (χ4v) is 11.2. The van der Waals surface area contributed by atoms with Crippen LogP contribution in [0.1, 0.15) is 126 Å². The summed E-state index contributed by atoms with van der Waals surface area (Å²) < 4.78 is 6.45. The lowest BCUT2D eigenvalue weighted by Crippen LogP contribution is -2.65. The molecule has 5 aliphatic rings. The predicted octanol–water partition coefficient (Wildman–Crippen LogP) is 8.67. The first kappa shape index (κ1) is 26.8. The van der Waals surface area contributed by atoms with E-state index < -0.39 is 11.4 Å². The lowest BCUT2D eigenvalue weighted by atomic mass is 9.33. The number of hydrogen-bond acceptors (Lipinski definition) is 2. The highest BCUT2D eigenvalue weighted by atomic mass is 16.5. The van der Waals surface area contributed by atoms with Crippen LogP contribution in [0.3, 0.4) is 0 Å². The molecule has 204 valence electrons. The van der Waals surface area contributed by atoms with Gasteiger partial charge in [-0.3, -0.25) is 4.79 Å². The van der Waals surface area contributed by atoms with Crippen LogP contribution in [-0.2, 0) is 9.53 Å². The highest BCUT2D eigenvalue weighted by molar-refractivity contribution is 5.76. The van der Waals surface area contributed by atoms with E-state index in [9.17, 15) is 9.90 Å². The summed E-state index contributed by atoms with van der Waals surface area (Å²) in [6, 6.07) is 0. The van der Waals surface area contributed by atoms with Crippen LogP contribution in [0.5, 0.6) is 0 Å². The minimum absolute atomic E-state index is 0.112. The van der Waals surface area contributed by atoms with Gasteiger partial charge < -0.3 is 9.84 Å². The van der Waals surface area contributed by atoms with Crippen molar-refractivity contribution in [3.8, 4) is 0 Å². The molecule has 36 heavy (non-hydrogen) atoms. The molecule has 0 aliphatic heterocycles. The smallest absolute Gasteiger partial charge is 0.310 e. The number of carboxylic acid groups (broad SMARTS) is 1. The van der Waals surface area contributed by atoms with Gasteiger partial charge in [0, 0.05) is 6.61 Å². The van der Waals surface area contributed by atoms with E-state index in [-0.39, 0.29) is 27.6 Å².